The van der Waals surface area contributed by atoms with Crippen LogP contribution < -0.4 is 0 Å². The van der Waals surface area contributed by atoms with Gasteiger partial charge < -0.3 is 0 Å². The molecule has 0 aromatic rings. The second-order valence-electron chi connectivity index (χ2n) is 10.1. The lowest BCUT2D eigenvalue weighted by atomic mass is 10.0. The van der Waals surface area contributed by atoms with E-state index in [1.54, 1.807) is 0 Å². The van der Waals surface area contributed by atoms with Crippen molar-refractivity contribution in [3.05, 3.63) is 0 Å². The van der Waals surface area contributed by atoms with Gasteiger partial charge in [0.05, 0.1) is 0 Å². The first-order valence-electron chi connectivity index (χ1n) is 15.3. The van der Waals surface area contributed by atoms with Crippen molar-refractivity contribution >= 4 is 0 Å². The van der Waals surface area contributed by atoms with Crippen molar-refractivity contribution in [3.8, 4) is 0 Å². The average Bonchev–Trinajstić information content (AvgIpc) is 2.79. The monoisotopic (exact) mass is 439 g/mol. The molecule has 0 aromatic carbocycles. The Morgan fingerprint density at radius 1 is 0.161 bits per heavy atom. The van der Waals surface area contributed by atoms with E-state index in [0.717, 1.165) is 0 Å². The van der Waals surface area contributed by atoms with Gasteiger partial charge in [0.2, 0.25) is 0 Å². The minimum atomic E-state index is 1.37. The molecule has 0 saturated heterocycles. The van der Waals surface area contributed by atoms with Gasteiger partial charge in [-0.25, -0.2) is 0 Å². The molecule has 0 aliphatic carbocycles. The van der Waals surface area contributed by atoms with E-state index in [1.807, 2.05) is 0 Å². The molecular weight excluding hydrogens is 372 g/mol. The fraction of sp³-hybridized carbons (Fsp3) is 1.00. The minimum absolute atomic E-state index is 1.37. The third-order valence-electron chi connectivity index (χ3n) is 6.66. The van der Waals surface area contributed by atoms with E-state index in [9.17, 15) is 0 Å². The largest absolute Gasteiger partial charge is 0.0654 e. The van der Waals surface area contributed by atoms with Crippen molar-refractivity contribution in [2.45, 2.75) is 201 Å². The standard InChI is InChI=1S/C18H38.C13H28/c1-3-5-7-9-11-13-15-17-18-16-14-12-10-8-6-4-2;1-3-5-7-9-11-13-12-10-8-6-4-2/h3-18H2,1-2H3;3-13H2,1-2H3. The molecule has 0 aliphatic heterocycles. The highest BCUT2D eigenvalue weighted by Crippen LogP contribution is 2.13. The van der Waals surface area contributed by atoms with E-state index in [4.69, 9.17) is 0 Å². The van der Waals surface area contributed by atoms with Crippen LogP contribution in [0.1, 0.15) is 201 Å². The first kappa shape index (κ1) is 33.2. The van der Waals surface area contributed by atoms with Crippen molar-refractivity contribution in [2.75, 3.05) is 0 Å². The fourth-order valence-corrected chi connectivity index (χ4v) is 4.36. The van der Waals surface area contributed by atoms with Crippen LogP contribution in [0.15, 0.2) is 0 Å². The number of rotatable bonds is 25. The quantitative estimate of drug-likeness (QED) is 0.124. The van der Waals surface area contributed by atoms with E-state index >= 15 is 0 Å². The van der Waals surface area contributed by atoms with Gasteiger partial charge >= 0.3 is 0 Å². The highest BCUT2D eigenvalue weighted by Gasteiger charge is 1.94. The van der Waals surface area contributed by atoms with Gasteiger partial charge in [0.25, 0.3) is 0 Å². The summed E-state index contributed by atoms with van der Waals surface area (Å²) in [6.07, 6.45) is 39.3. The maximum Gasteiger partial charge on any atom is -0.0533 e. The zero-order chi connectivity index (χ0) is 23.1. The summed E-state index contributed by atoms with van der Waals surface area (Å²) in [6, 6.07) is 0. The third-order valence-corrected chi connectivity index (χ3v) is 6.66. The zero-order valence-corrected chi connectivity index (χ0v) is 23.1. The number of hydrogen-bond donors (Lipinski definition) is 0. The Morgan fingerprint density at radius 3 is 0.355 bits per heavy atom. The molecule has 0 unspecified atom stereocenters. The Kier molecular flexibility index (Phi) is 37.0. The molecule has 0 radical (unpaired) electrons. The van der Waals surface area contributed by atoms with Crippen molar-refractivity contribution in [3.63, 3.8) is 0 Å². The summed E-state index contributed by atoms with van der Waals surface area (Å²) in [6.45, 7) is 9.15. The second-order valence-corrected chi connectivity index (χ2v) is 10.1. The summed E-state index contributed by atoms with van der Waals surface area (Å²) in [7, 11) is 0. The Labute approximate surface area is 201 Å². The third kappa shape index (κ3) is 37.6. The van der Waals surface area contributed by atoms with Gasteiger partial charge in [-0.05, 0) is 0 Å². The van der Waals surface area contributed by atoms with Crippen LogP contribution >= 0.6 is 0 Å². The van der Waals surface area contributed by atoms with Crippen molar-refractivity contribution < 1.29 is 0 Å². The molecule has 31 heavy (non-hydrogen) atoms. The Morgan fingerprint density at radius 2 is 0.258 bits per heavy atom. The maximum atomic E-state index is 2.29. The summed E-state index contributed by atoms with van der Waals surface area (Å²) in [5.41, 5.74) is 0. The second kappa shape index (κ2) is 34.6. The van der Waals surface area contributed by atoms with Crippen LogP contribution in [0.3, 0.4) is 0 Å². The molecule has 0 heteroatoms. The lowest BCUT2D eigenvalue weighted by Gasteiger charge is -2.03. The van der Waals surface area contributed by atoms with Crippen LogP contribution in [0.5, 0.6) is 0 Å². The van der Waals surface area contributed by atoms with Gasteiger partial charge in [-0.15, -0.1) is 0 Å². The summed E-state index contributed by atoms with van der Waals surface area (Å²) >= 11 is 0. The van der Waals surface area contributed by atoms with E-state index in [-0.39, 0.29) is 0 Å². The minimum Gasteiger partial charge on any atom is -0.0654 e. The SMILES string of the molecule is CCCCCCCCCCCCC.CCCCCCCCCCCCCCCCCC. The molecule has 0 spiro atoms. The zero-order valence-electron chi connectivity index (χ0n) is 23.1. The van der Waals surface area contributed by atoms with E-state index in [1.165, 1.54) is 173 Å². The summed E-state index contributed by atoms with van der Waals surface area (Å²) in [5, 5.41) is 0. The van der Waals surface area contributed by atoms with E-state index in [2.05, 4.69) is 27.7 Å². The highest BCUT2D eigenvalue weighted by molar-refractivity contribution is 4.49. The molecular formula is C31H66. The van der Waals surface area contributed by atoms with Crippen LogP contribution in [0.4, 0.5) is 0 Å². The van der Waals surface area contributed by atoms with Gasteiger partial charge in [0.1, 0.15) is 0 Å². The van der Waals surface area contributed by atoms with Gasteiger partial charge in [-0.3, -0.25) is 0 Å². The number of unbranched alkanes of at least 4 members (excludes halogenated alkanes) is 25. The Bertz CT molecular complexity index is 231. The van der Waals surface area contributed by atoms with Gasteiger partial charge in [0, 0.05) is 0 Å². The Hall–Kier alpha value is 0. The molecule has 0 saturated carbocycles. The number of hydrogen-bond acceptors (Lipinski definition) is 0. The van der Waals surface area contributed by atoms with Crippen LogP contribution in [0.2, 0.25) is 0 Å². The molecule has 190 valence electrons. The van der Waals surface area contributed by atoms with Crippen molar-refractivity contribution in [1.29, 1.82) is 0 Å². The predicted octanol–water partition coefficient (Wildman–Crippen LogP) is 12.6. The lowest BCUT2D eigenvalue weighted by molar-refractivity contribution is 0.531. The van der Waals surface area contributed by atoms with Crippen LogP contribution in [0, 0.1) is 0 Å². The smallest absolute Gasteiger partial charge is 0.0533 e. The van der Waals surface area contributed by atoms with Crippen LogP contribution in [0.25, 0.3) is 0 Å². The molecule has 0 aromatic heterocycles. The average molecular weight is 439 g/mol. The molecule has 0 heterocycles. The van der Waals surface area contributed by atoms with Crippen molar-refractivity contribution in [2.24, 2.45) is 0 Å². The van der Waals surface area contributed by atoms with Gasteiger partial charge in [0.15, 0.2) is 0 Å². The topological polar surface area (TPSA) is 0 Å². The fourth-order valence-electron chi connectivity index (χ4n) is 4.36. The molecule has 0 aliphatic rings. The highest BCUT2D eigenvalue weighted by atomic mass is 14.0. The van der Waals surface area contributed by atoms with Crippen LogP contribution in [-0.2, 0) is 0 Å². The molecule has 0 atom stereocenters. The summed E-state index contributed by atoms with van der Waals surface area (Å²) in [4.78, 5) is 0. The molecule has 0 amide bonds. The maximum absolute atomic E-state index is 2.29. The van der Waals surface area contributed by atoms with Crippen molar-refractivity contribution in [1.82, 2.24) is 0 Å². The summed E-state index contributed by atoms with van der Waals surface area (Å²) < 4.78 is 0. The molecule has 0 N–H and O–H groups in total. The molecule has 0 fully saturated rings. The van der Waals surface area contributed by atoms with Crippen LogP contribution in [-0.4, -0.2) is 0 Å². The first-order chi connectivity index (χ1) is 15.3. The first-order valence-corrected chi connectivity index (χ1v) is 15.3. The van der Waals surface area contributed by atoms with E-state index < -0.39 is 0 Å². The Balaban J connectivity index is 0. The lowest BCUT2D eigenvalue weighted by Crippen LogP contribution is -1.83. The molecule has 0 rings (SSSR count). The summed E-state index contributed by atoms with van der Waals surface area (Å²) in [5.74, 6) is 0. The van der Waals surface area contributed by atoms with Gasteiger partial charge in [-0.2, -0.15) is 0 Å². The van der Waals surface area contributed by atoms with E-state index in [0.29, 0.717) is 0 Å². The molecule has 0 nitrogen and oxygen atoms in total. The van der Waals surface area contributed by atoms with Gasteiger partial charge in [-0.1, -0.05) is 201 Å². The molecule has 0 bridgehead atoms. The normalized spacial score (nSPS) is 10.8. The predicted molar refractivity (Wildman–Crippen MR) is 147 cm³/mol.